The zero-order chi connectivity index (χ0) is 14.8. The molecule has 20 heavy (non-hydrogen) atoms. The van der Waals surface area contributed by atoms with Gasteiger partial charge in [0, 0.05) is 18.1 Å². The largest absolute Gasteiger partial charge is 0.484 e. The normalized spacial score (nSPS) is 9.70. The summed E-state index contributed by atoms with van der Waals surface area (Å²) in [5.41, 5.74) is 4.99. The molecule has 0 aromatic heterocycles. The number of rotatable bonds is 6. The van der Waals surface area contributed by atoms with E-state index < -0.39 is 0 Å². The van der Waals surface area contributed by atoms with Crippen molar-refractivity contribution in [1.29, 1.82) is 0 Å². The zero-order valence-corrected chi connectivity index (χ0v) is 13.3. The van der Waals surface area contributed by atoms with Gasteiger partial charge in [-0.05, 0) is 36.5 Å². The van der Waals surface area contributed by atoms with Crippen molar-refractivity contribution >= 4 is 39.2 Å². The third-order valence-electron chi connectivity index (χ3n) is 2.09. The molecule has 0 bridgehead atoms. The Morgan fingerprint density at radius 3 is 2.65 bits per heavy atom. The molecule has 1 aromatic carbocycles. The maximum Gasteiger partial charge on any atom is 0.276 e. The molecule has 0 unspecified atom stereocenters. The second-order valence-electron chi connectivity index (χ2n) is 3.66. The Morgan fingerprint density at radius 1 is 1.30 bits per heavy atom. The van der Waals surface area contributed by atoms with E-state index in [1.54, 1.807) is 19.2 Å². The van der Waals surface area contributed by atoms with E-state index in [-0.39, 0.29) is 12.5 Å². The van der Waals surface area contributed by atoms with Crippen LogP contribution in [-0.4, -0.2) is 37.9 Å². The quantitative estimate of drug-likeness (QED) is 0.398. The standard InChI is InChI=1S/C12H16BrN3O3S/c1-18-7-6-14-12(20)16-15-11(17)8-19-10-4-2-9(13)3-5-10/h2-5H,6-8H2,1H3,(H,15,17)(H2,14,16,20). The number of ether oxygens (including phenoxy) is 2. The molecule has 0 saturated carbocycles. The van der Waals surface area contributed by atoms with E-state index in [1.807, 2.05) is 12.1 Å². The topological polar surface area (TPSA) is 71.6 Å². The number of carbonyl (C=O) groups excluding carboxylic acids is 1. The smallest absolute Gasteiger partial charge is 0.276 e. The highest BCUT2D eigenvalue weighted by Gasteiger charge is 2.03. The van der Waals surface area contributed by atoms with Gasteiger partial charge in [-0.3, -0.25) is 15.6 Å². The average Bonchev–Trinajstić information content (AvgIpc) is 2.45. The molecule has 0 spiro atoms. The minimum absolute atomic E-state index is 0.102. The van der Waals surface area contributed by atoms with Gasteiger partial charge in [0.15, 0.2) is 11.7 Å². The Morgan fingerprint density at radius 2 is 2.00 bits per heavy atom. The summed E-state index contributed by atoms with van der Waals surface area (Å²) >= 11 is 8.26. The highest BCUT2D eigenvalue weighted by atomic mass is 79.9. The minimum atomic E-state index is -0.330. The number of hydrogen-bond acceptors (Lipinski definition) is 4. The Hall–Kier alpha value is -1.38. The van der Waals surface area contributed by atoms with E-state index in [2.05, 4.69) is 32.1 Å². The van der Waals surface area contributed by atoms with Crippen LogP contribution in [-0.2, 0) is 9.53 Å². The van der Waals surface area contributed by atoms with Crippen LogP contribution < -0.4 is 20.9 Å². The van der Waals surface area contributed by atoms with Crippen molar-refractivity contribution in [1.82, 2.24) is 16.2 Å². The van der Waals surface area contributed by atoms with Gasteiger partial charge in [0.05, 0.1) is 6.61 Å². The molecule has 0 aliphatic rings. The van der Waals surface area contributed by atoms with Crippen molar-refractivity contribution in [3.8, 4) is 5.75 Å². The molecule has 1 aromatic rings. The van der Waals surface area contributed by atoms with E-state index in [1.165, 1.54) is 0 Å². The molecule has 1 rings (SSSR count). The van der Waals surface area contributed by atoms with Crippen LogP contribution in [0, 0.1) is 0 Å². The van der Waals surface area contributed by atoms with Crippen LogP contribution in [0.25, 0.3) is 0 Å². The molecule has 0 aliphatic heterocycles. The Balaban J connectivity index is 2.17. The summed E-state index contributed by atoms with van der Waals surface area (Å²) in [6.45, 7) is 0.991. The fourth-order valence-electron chi connectivity index (χ4n) is 1.15. The van der Waals surface area contributed by atoms with Gasteiger partial charge in [-0.1, -0.05) is 15.9 Å². The lowest BCUT2D eigenvalue weighted by Gasteiger charge is -2.11. The summed E-state index contributed by atoms with van der Waals surface area (Å²) in [4.78, 5) is 11.5. The van der Waals surface area contributed by atoms with Crippen LogP contribution in [0.3, 0.4) is 0 Å². The summed E-state index contributed by atoms with van der Waals surface area (Å²) in [5, 5.41) is 3.17. The van der Waals surface area contributed by atoms with E-state index in [9.17, 15) is 4.79 Å². The Kier molecular flexibility index (Phi) is 7.93. The van der Waals surface area contributed by atoms with Crippen LogP contribution in [0.15, 0.2) is 28.7 Å². The average molecular weight is 362 g/mol. The lowest BCUT2D eigenvalue weighted by Crippen LogP contribution is -2.48. The van der Waals surface area contributed by atoms with Crippen LogP contribution in [0.4, 0.5) is 0 Å². The highest BCUT2D eigenvalue weighted by Crippen LogP contribution is 2.15. The second kappa shape index (κ2) is 9.51. The van der Waals surface area contributed by atoms with Gasteiger partial charge in [0.2, 0.25) is 0 Å². The molecule has 0 atom stereocenters. The van der Waals surface area contributed by atoms with E-state index >= 15 is 0 Å². The van der Waals surface area contributed by atoms with Crippen molar-refractivity contribution in [2.75, 3.05) is 26.9 Å². The molecular formula is C12H16BrN3O3S. The number of benzene rings is 1. The second-order valence-corrected chi connectivity index (χ2v) is 4.99. The SMILES string of the molecule is COCCNC(=S)NNC(=O)COc1ccc(Br)cc1. The number of amides is 1. The third-order valence-corrected chi connectivity index (χ3v) is 2.87. The molecule has 0 fully saturated rings. The predicted molar refractivity (Wildman–Crippen MR) is 83.4 cm³/mol. The summed E-state index contributed by atoms with van der Waals surface area (Å²) < 4.78 is 11.1. The monoisotopic (exact) mass is 361 g/mol. The van der Waals surface area contributed by atoms with Crippen molar-refractivity contribution < 1.29 is 14.3 Å². The van der Waals surface area contributed by atoms with Crippen LogP contribution in [0.5, 0.6) is 5.75 Å². The molecular weight excluding hydrogens is 346 g/mol. The molecule has 110 valence electrons. The predicted octanol–water partition coefficient (Wildman–Crippen LogP) is 0.970. The maximum absolute atomic E-state index is 11.5. The van der Waals surface area contributed by atoms with E-state index in [4.69, 9.17) is 21.7 Å². The van der Waals surface area contributed by atoms with Crippen molar-refractivity contribution in [3.05, 3.63) is 28.7 Å². The summed E-state index contributed by atoms with van der Waals surface area (Å²) in [6, 6.07) is 7.20. The van der Waals surface area contributed by atoms with Crippen LogP contribution >= 0.6 is 28.1 Å². The summed E-state index contributed by atoms with van der Waals surface area (Å²) in [5.74, 6) is 0.285. The fourth-order valence-corrected chi connectivity index (χ4v) is 1.57. The first-order valence-corrected chi connectivity index (χ1v) is 7.02. The number of methoxy groups -OCH3 is 1. The van der Waals surface area contributed by atoms with Crippen LogP contribution in [0.1, 0.15) is 0 Å². The molecule has 6 nitrogen and oxygen atoms in total. The third kappa shape index (κ3) is 7.27. The number of halogens is 1. The van der Waals surface area contributed by atoms with Gasteiger partial charge in [0.1, 0.15) is 5.75 Å². The molecule has 1 amide bonds. The summed E-state index contributed by atoms with van der Waals surface area (Å²) in [6.07, 6.45) is 0. The molecule has 3 N–H and O–H groups in total. The first-order chi connectivity index (χ1) is 9.61. The highest BCUT2D eigenvalue weighted by molar-refractivity contribution is 9.10. The molecule has 0 radical (unpaired) electrons. The number of hydrazine groups is 1. The zero-order valence-electron chi connectivity index (χ0n) is 10.9. The molecule has 0 heterocycles. The Labute approximate surface area is 131 Å². The number of carbonyl (C=O) groups is 1. The van der Waals surface area contributed by atoms with Crippen LogP contribution in [0.2, 0.25) is 0 Å². The molecule has 8 heteroatoms. The minimum Gasteiger partial charge on any atom is -0.484 e. The lowest BCUT2D eigenvalue weighted by atomic mass is 10.3. The van der Waals surface area contributed by atoms with Gasteiger partial charge in [-0.15, -0.1) is 0 Å². The lowest BCUT2D eigenvalue weighted by molar-refractivity contribution is -0.123. The van der Waals surface area contributed by atoms with Crippen molar-refractivity contribution in [2.24, 2.45) is 0 Å². The first kappa shape index (κ1) is 16.7. The van der Waals surface area contributed by atoms with Gasteiger partial charge in [0.25, 0.3) is 5.91 Å². The van der Waals surface area contributed by atoms with Gasteiger partial charge in [-0.2, -0.15) is 0 Å². The van der Waals surface area contributed by atoms with Gasteiger partial charge in [-0.25, -0.2) is 0 Å². The first-order valence-electron chi connectivity index (χ1n) is 5.82. The maximum atomic E-state index is 11.5. The summed E-state index contributed by atoms with van der Waals surface area (Å²) in [7, 11) is 1.60. The Bertz CT molecular complexity index is 442. The number of thiocarbonyl (C=S) groups is 1. The van der Waals surface area contributed by atoms with Gasteiger partial charge < -0.3 is 14.8 Å². The van der Waals surface area contributed by atoms with Crippen molar-refractivity contribution in [2.45, 2.75) is 0 Å². The number of nitrogens with one attached hydrogen (secondary N) is 3. The van der Waals surface area contributed by atoms with E-state index in [0.29, 0.717) is 24.0 Å². The van der Waals surface area contributed by atoms with E-state index in [0.717, 1.165) is 4.47 Å². The fraction of sp³-hybridized carbons (Fsp3) is 0.333. The number of hydrogen-bond donors (Lipinski definition) is 3. The van der Waals surface area contributed by atoms with Crippen molar-refractivity contribution in [3.63, 3.8) is 0 Å². The van der Waals surface area contributed by atoms with Gasteiger partial charge >= 0.3 is 0 Å². The molecule has 0 aliphatic carbocycles. The molecule has 0 saturated heterocycles.